The van der Waals surface area contributed by atoms with Crippen molar-refractivity contribution in [3.63, 3.8) is 0 Å². The molecule has 128 valence electrons. The van der Waals surface area contributed by atoms with E-state index in [1.807, 2.05) is 30.3 Å². The van der Waals surface area contributed by atoms with Crippen LogP contribution in [0.5, 0.6) is 0 Å². The van der Waals surface area contributed by atoms with E-state index in [9.17, 15) is 17.6 Å². The van der Waals surface area contributed by atoms with Crippen molar-refractivity contribution in [1.29, 1.82) is 0 Å². The van der Waals surface area contributed by atoms with Crippen molar-refractivity contribution in [3.05, 3.63) is 59.9 Å². The monoisotopic (exact) mass is 414 g/mol. The Hall–Kier alpha value is -1.77. The Morgan fingerprint density at radius 2 is 1.88 bits per heavy atom. The van der Waals surface area contributed by atoms with Gasteiger partial charge in [0.25, 0.3) is 0 Å². The molecule has 3 N–H and O–H groups in total. The second kappa shape index (κ2) is 7.87. The summed E-state index contributed by atoms with van der Waals surface area (Å²) in [6.45, 7) is 0. The van der Waals surface area contributed by atoms with Gasteiger partial charge in [-0.2, -0.15) is 0 Å². The summed E-state index contributed by atoms with van der Waals surface area (Å²) in [6, 6.07) is 12.6. The fourth-order valence-electron chi connectivity index (χ4n) is 2.19. The number of hydrogen-bond acceptors (Lipinski definition) is 3. The number of halogens is 2. The Labute approximate surface area is 148 Å². The number of sulfonamides is 1. The van der Waals surface area contributed by atoms with E-state index in [1.165, 1.54) is 6.07 Å². The van der Waals surface area contributed by atoms with E-state index in [0.717, 1.165) is 17.7 Å². The summed E-state index contributed by atoms with van der Waals surface area (Å²) in [6.07, 6.45) is 0.158. The lowest BCUT2D eigenvalue weighted by molar-refractivity contribution is -0.116. The molecule has 0 aliphatic heterocycles. The summed E-state index contributed by atoms with van der Waals surface area (Å²) in [4.78, 5) is 11.8. The summed E-state index contributed by atoms with van der Waals surface area (Å²) in [5, 5.41) is 7.97. The molecule has 0 aromatic heterocycles. The molecule has 0 aliphatic carbocycles. The normalized spacial score (nSPS) is 12.6. The molecule has 1 amide bonds. The number of hydrogen-bond donors (Lipinski definition) is 2. The van der Waals surface area contributed by atoms with E-state index in [1.54, 1.807) is 0 Å². The fourth-order valence-corrected chi connectivity index (χ4v) is 3.31. The van der Waals surface area contributed by atoms with Crippen LogP contribution in [-0.2, 0) is 14.8 Å². The number of rotatable bonds is 6. The highest BCUT2D eigenvalue weighted by molar-refractivity contribution is 9.09. The number of nitrogens with two attached hydrogens (primary N) is 1. The number of benzene rings is 2. The predicted molar refractivity (Wildman–Crippen MR) is 94.0 cm³/mol. The van der Waals surface area contributed by atoms with Crippen LogP contribution in [0.3, 0.4) is 0 Å². The van der Waals surface area contributed by atoms with Crippen LogP contribution in [0.2, 0.25) is 0 Å². The van der Waals surface area contributed by atoms with Crippen LogP contribution in [-0.4, -0.2) is 19.7 Å². The minimum absolute atomic E-state index is 0.0574. The fraction of sp³-hybridized carbons (Fsp3) is 0.188. The zero-order chi connectivity index (χ0) is 17.7. The Kier molecular flexibility index (Phi) is 6.09. The average molecular weight is 415 g/mol. The first-order chi connectivity index (χ1) is 11.3. The topological polar surface area (TPSA) is 89.3 Å². The molecular formula is C16H16BrFN2O3S. The van der Waals surface area contributed by atoms with Gasteiger partial charge in [0.2, 0.25) is 15.9 Å². The van der Waals surface area contributed by atoms with Gasteiger partial charge in [-0.25, -0.2) is 17.9 Å². The lowest BCUT2D eigenvalue weighted by Crippen LogP contribution is -2.18. The quantitative estimate of drug-likeness (QED) is 0.711. The van der Waals surface area contributed by atoms with Gasteiger partial charge in [-0.1, -0.05) is 46.3 Å². The average Bonchev–Trinajstić information content (AvgIpc) is 2.54. The minimum atomic E-state index is -3.99. The molecular weight excluding hydrogens is 399 g/mol. The number of alkyl halides is 1. The standard InChI is InChI=1S/C16H16BrFN2O3S/c17-10-12(11-4-2-1-3-5-11)8-16(21)20-15-7-6-13(9-14(15)18)24(19,22)23/h1-7,9,12H,8,10H2,(H,20,21)(H2,19,22,23). The Balaban J connectivity index is 2.09. The van der Waals surface area contributed by atoms with E-state index in [-0.39, 0.29) is 28.8 Å². The van der Waals surface area contributed by atoms with Crippen LogP contribution in [0.4, 0.5) is 10.1 Å². The van der Waals surface area contributed by atoms with Gasteiger partial charge >= 0.3 is 0 Å². The number of amides is 1. The smallest absolute Gasteiger partial charge is 0.238 e. The molecule has 8 heteroatoms. The van der Waals surface area contributed by atoms with Gasteiger partial charge in [-0.3, -0.25) is 4.79 Å². The number of anilines is 1. The van der Waals surface area contributed by atoms with Crippen molar-refractivity contribution in [1.82, 2.24) is 0 Å². The zero-order valence-corrected chi connectivity index (χ0v) is 15.0. The first-order valence-corrected chi connectivity index (χ1v) is 9.71. The van der Waals surface area contributed by atoms with Crippen molar-refractivity contribution in [3.8, 4) is 0 Å². The maximum atomic E-state index is 13.9. The maximum absolute atomic E-state index is 13.9. The Morgan fingerprint density at radius 3 is 2.42 bits per heavy atom. The minimum Gasteiger partial charge on any atom is -0.324 e. The Bertz CT molecular complexity index is 828. The zero-order valence-electron chi connectivity index (χ0n) is 12.6. The number of carbonyl (C=O) groups excluding carboxylic acids is 1. The van der Waals surface area contributed by atoms with Gasteiger partial charge in [0, 0.05) is 17.7 Å². The van der Waals surface area contributed by atoms with Gasteiger partial charge in [0.15, 0.2) is 0 Å². The number of carbonyl (C=O) groups is 1. The van der Waals surface area contributed by atoms with Crippen molar-refractivity contribution >= 4 is 37.5 Å². The van der Waals surface area contributed by atoms with Gasteiger partial charge in [0.1, 0.15) is 5.82 Å². The summed E-state index contributed by atoms with van der Waals surface area (Å²) in [5.74, 6) is -1.28. The first kappa shape index (κ1) is 18.6. The van der Waals surface area contributed by atoms with Gasteiger partial charge in [-0.15, -0.1) is 0 Å². The highest BCUT2D eigenvalue weighted by atomic mass is 79.9. The molecule has 1 atom stereocenters. The number of primary sulfonamides is 1. The molecule has 0 saturated carbocycles. The maximum Gasteiger partial charge on any atom is 0.238 e. The van der Waals surface area contributed by atoms with Crippen LogP contribution in [0.25, 0.3) is 0 Å². The molecule has 1 unspecified atom stereocenters. The van der Waals surface area contributed by atoms with Gasteiger partial charge in [-0.05, 0) is 23.8 Å². The summed E-state index contributed by atoms with van der Waals surface area (Å²) in [7, 11) is -3.99. The molecule has 0 radical (unpaired) electrons. The molecule has 0 spiro atoms. The second-order valence-electron chi connectivity index (χ2n) is 5.20. The van der Waals surface area contributed by atoms with Crippen molar-refractivity contribution in [2.24, 2.45) is 5.14 Å². The van der Waals surface area contributed by atoms with E-state index in [2.05, 4.69) is 21.2 Å². The molecule has 0 aliphatic rings. The van der Waals surface area contributed by atoms with Crippen LogP contribution in [0.1, 0.15) is 17.9 Å². The van der Waals surface area contributed by atoms with E-state index in [4.69, 9.17) is 5.14 Å². The van der Waals surface area contributed by atoms with E-state index >= 15 is 0 Å². The van der Waals surface area contributed by atoms with Crippen molar-refractivity contribution < 1.29 is 17.6 Å². The largest absolute Gasteiger partial charge is 0.324 e. The van der Waals surface area contributed by atoms with Crippen molar-refractivity contribution in [2.45, 2.75) is 17.2 Å². The molecule has 0 saturated heterocycles. The molecule has 2 aromatic carbocycles. The van der Waals surface area contributed by atoms with Crippen LogP contribution < -0.4 is 10.5 Å². The van der Waals surface area contributed by atoms with E-state index < -0.39 is 15.8 Å². The molecule has 2 rings (SSSR count). The van der Waals surface area contributed by atoms with Gasteiger partial charge in [0.05, 0.1) is 10.6 Å². The van der Waals surface area contributed by atoms with E-state index in [0.29, 0.717) is 5.33 Å². The van der Waals surface area contributed by atoms with Crippen LogP contribution in [0.15, 0.2) is 53.4 Å². The Morgan fingerprint density at radius 1 is 1.21 bits per heavy atom. The van der Waals surface area contributed by atoms with Crippen molar-refractivity contribution in [2.75, 3.05) is 10.6 Å². The molecule has 2 aromatic rings. The molecule has 5 nitrogen and oxygen atoms in total. The molecule has 24 heavy (non-hydrogen) atoms. The third kappa shape index (κ3) is 4.86. The molecule has 0 bridgehead atoms. The van der Waals surface area contributed by atoms with Gasteiger partial charge < -0.3 is 5.32 Å². The SMILES string of the molecule is NS(=O)(=O)c1ccc(NC(=O)CC(CBr)c2ccccc2)c(F)c1. The first-order valence-electron chi connectivity index (χ1n) is 7.04. The third-order valence-corrected chi connectivity index (χ3v) is 5.12. The van der Waals surface area contributed by atoms with Crippen LogP contribution in [0, 0.1) is 5.82 Å². The second-order valence-corrected chi connectivity index (χ2v) is 7.41. The summed E-state index contributed by atoms with van der Waals surface area (Å²) < 4.78 is 36.3. The molecule has 0 fully saturated rings. The highest BCUT2D eigenvalue weighted by Crippen LogP contribution is 2.24. The predicted octanol–water partition coefficient (Wildman–Crippen LogP) is 2.98. The lowest BCUT2D eigenvalue weighted by atomic mass is 9.97. The highest BCUT2D eigenvalue weighted by Gasteiger charge is 2.17. The molecule has 0 heterocycles. The third-order valence-electron chi connectivity index (χ3n) is 3.43. The number of nitrogens with one attached hydrogen (secondary N) is 1. The summed E-state index contributed by atoms with van der Waals surface area (Å²) in [5.41, 5.74) is 0.906. The van der Waals surface area contributed by atoms with Crippen LogP contribution >= 0.6 is 15.9 Å². The summed E-state index contributed by atoms with van der Waals surface area (Å²) >= 11 is 3.38. The lowest BCUT2D eigenvalue weighted by Gasteiger charge is -2.15.